The van der Waals surface area contributed by atoms with Crippen LogP contribution in [0.5, 0.6) is 0 Å². The van der Waals surface area contributed by atoms with E-state index in [1.807, 2.05) is 71.3 Å². The molecule has 0 amide bonds. The number of ether oxygens (including phenoxy) is 2. The van der Waals surface area contributed by atoms with Crippen LogP contribution in [0.3, 0.4) is 0 Å². The lowest BCUT2D eigenvalue weighted by molar-refractivity contribution is 0.122. The summed E-state index contributed by atoms with van der Waals surface area (Å²) in [4.78, 5) is 10.3. The number of allylic oxidation sites excluding steroid dienone is 1. The Kier molecular flexibility index (Phi) is 7.13. The van der Waals surface area contributed by atoms with Gasteiger partial charge in [-0.3, -0.25) is 4.57 Å². The Balaban J connectivity index is 1.47. The van der Waals surface area contributed by atoms with Gasteiger partial charge in [0.2, 0.25) is 5.95 Å². The number of hydrogen-bond donors (Lipinski definition) is 0. The minimum absolute atomic E-state index is 0.426. The van der Waals surface area contributed by atoms with Crippen molar-refractivity contribution in [3.05, 3.63) is 71.4 Å². The molecule has 0 aliphatic carbocycles. The lowest BCUT2D eigenvalue weighted by Gasteiger charge is -2.28. The van der Waals surface area contributed by atoms with Gasteiger partial charge in [0, 0.05) is 31.7 Å². The summed E-state index contributed by atoms with van der Waals surface area (Å²) >= 11 is 1.58. The van der Waals surface area contributed by atoms with Crippen LogP contribution >= 0.6 is 11.3 Å². The van der Waals surface area contributed by atoms with Gasteiger partial charge in [-0.05, 0) is 18.2 Å². The number of thiazole rings is 1. The van der Waals surface area contributed by atoms with Crippen LogP contribution in [0.2, 0.25) is 0 Å². The quantitative estimate of drug-likeness (QED) is 0.347. The van der Waals surface area contributed by atoms with E-state index < -0.39 is 0 Å². The number of benzene rings is 2. The highest BCUT2D eigenvalue weighted by Crippen LogP contribution is 2.36. The van der Waals surface area contributed by atoms with Crippen LogP contribution in [0.25, 0.3) is 28.6 Å². The summed E-state index contributed by atoms with van der Waals surface area (Å²) in [5.41, 5.74) is 3.18. The minimum atomic E-state index is 0.426. The molecule has 0 unspecified atom stereocenters. The third-order valence-corrected chi connectivity index (χ3v) is 7.63. The van der Waals surface area contributed by atoms with Crippen molar-refractivity contribution >= 4 is 34.1 Å². The molecule has 2 saturated heterocycles. The second-order valence-electron chi connectivity index (χ2n) is 8.94. The van der Waals surface area contributed by atoms with Gasteiger partial charge < -0.3 is 19.3 Å². The van der Waals surface area contributed by atoms with Crippen molar-refractivity contribution in [2.75, 3.05) is 62.4 Å². The maximum Gasteiger partial charge on any atom is 0.232 e. The van der Waals surface area contributed by atoms with E-state index in [-0.39, 0.29) is 0 Å². The number of anilines is 2. The van der Waals surface area contributed by atoms with Crippen LogP contribution in [0.4, 0.5) is 11.1 Å². The maximum absolute atomic E-state index is 10.4. The molecule has 9 nitrogen and oxygen atoms in total. The van der Waals surface area contributed by atoms with Gasteiger partial charge in [0.1, 0.15) is 6.07 Å². The Morgan fingerprint density at radius 2 is 1.47 bits per heavy atom. The largest absolute Gasteiger partial charge is 0.378 e. The first-order valence-corrected chi connectivity index (χ1v) is 13.5. The minimum Gasteiger partial charge on any atom is -0.378 e. The predicted molar refractivity (Wildman–Crippen MR) is 148 cm³/mol. The lowest BCUT2D eigenvalue weighted by Crippen LogP contribution is -2.38. The fourth-order valence-corrected chi connectivity index (χ4v) is 5.70. The maximum atomic E-state index is 10.4. The molecule has 4 aromatic rings. The summed E-state index contributed by atoms with van der Waals surface area (Å²) < 4.78 is 13.1. The van der Waals surface area contributed by atoms with Gasteiger partial charge in [0.15, 0.2) is 11.0 Å². The highest BCUT2D eigenvalue weighted by molar-refractivity contribution is 7.17. The zero-order valence-corrected chi connectivity index (χ0v) is 21.7. The lowest BCUT2D eigenvalue weighted by atomic mass is 10.1. The average Bonchev–Trinajstić information content (AvgIpc) is 3.63. The molecular weight excluding hydrogens is 498 g/mol. The molecule has 2 aromatic carbocycles. The van der Waals surface area contributed by atoms with Gasteiger partial charge in [-0.25, -0.2) is 4.98 Å². The Bertz CT molecular complexity index is 1450. The number of nitrogens with zero attached hydrogens (tertiary/aromatic N) is 7. The first-order chi connectivity index (χ1) is 18.8. The molecule has 2 aliphatic rings. The Morgan fingerprint density at radius 3 is 2.13 bits per heavy atom. The van der Waals surface area contributed by atoms with Gasteiger partial charge in [-0.2, -0.15) is 5.26 Å². The van der Waals surface area contributed by atoms with E-state index in [9.17, 15) is 5.26 Å². The van der Waals surface area contributed by atoms with Gasteiger partial charge in [-0.15, -0.1) is 10.2 Å². The van der Waals surface area contributed by atoms with E-state index in [4.69, 9.17) is 14.5 Å². The van der Waals surface area contributed by atoms with Crippen molar-refractivity contribution in [3.8, 4) is 23.0 Å². The Labute approximate surface area is 225 Å². The van der Waals surface area contributed by atoms with Crippen molar-refractivity contribution in [2.45, 2.75) is 0 Å². The predicted octanol–water partition coefficient (Wildman–Crippen LogP) is 4.13. The second kappa shape index (κ2) is 11.1. The second-order valence-corrected chi connectivity index (χ2v) is 9.95. The van der Waals surface area contributed by atoms with Crippen molar-refractivity contribution in [1.29, 1.82) is 5.26 Å². The van der Waals surface area contributed by atoms with E-state index in [1.54, 1.807) is 11.3 Å². The van der Waals surface area contributed by atoms with Crippen molar-refractivity contribution in [1.82, 2.24) is 19.7 Å². The molecule has 4 heterocycles. The van der Waals surface area contributed by atoms with E-state index in [2.05, 4.69) is 26.1 Å². The molecule has 0 N–H and O–H groups in total. The van der Waals surface area contributed by atoms with Crippen molar-refractivity contribution < 1.29 is 9.47 Å². The summed E-state index contributed by atoms with van der Waals surface area (Å²) in [6.45, 7) is 5.63. The van der Waals surface area contributed by atoms with E-state index >= 15 is 0 Å². The highest BCUT2D eigenvalue weighted by Gasteiger charge is 2.25. The summed E-state index contributed by atoms with van der Waals surface area (Å²) in [6, 6.07) is 22.4. The van der Waals surface area contributed by atoms with Gasteiger partial charge in [0.05, 0.1) is 48.3 Å². The monoisotopic (exact) mass is 525 g/mol. The third-order valence-electron chi connectivity index (χ3n) is 6.56. The van der Waals surface area contributed by atoms with E-state index in [0.717, 1.165) is 40.0 Å². The molecule has 2 aromatic heterocycles. The molecule has 2 aliphatic heterocycles. The molecule has 6 rings (SSSR count). The van der Waals surface area contributed by atoms with Crippen LogP contribution in [0, 0.1) is 11.3 Å². The van der Waals surface area contributed by atoms with Crippen LogP contribution in [-0.4, -0.2) is 72.4 Å². The van der Waals surface area contributed by atoms with Crippen molar-refractivity contribution in [2.24, 2.45) is 0 Å². The number of morpholine rings is 2. The molecule has 192 valence electrons. The number of hydrogen-bond acceptors (Lipinski definition) is 9. The zero-order valence-electron chi connectivity index (χ0n) is 20.9. The van der Waals surface area contributed by atoms with E-state index in [1.165, 1.54) is 0 Å². The normalized spacial score (nSPS) is 16.4. The van der Waals surface area contributed by atoms with Crippen molar-refractivity contribution in [3.63, 3.8) is 0 Å². The summed E-state index contributed by atoms with van der Waals surface area (Å²) in [5.74, 6) is 1.21. The fourth-order valence-electron chi connectivity index (χ4n) is 4.62. The molecule has 0 atom stereocenters. The zero-order chi connectivity index (χ0) is 25.7. The van der Waals surface area contributed by atoms with Gasteiger partial charge in [0.25, 0.3) is 0 Å². The summed E-state index contributed by atoms with van der Waals surface area (Å²) in [6.07, 6.45) is 1.90. The van der Waals surface area contributed by atoms with Crippen LogP contribution < -0.4 is 9.80 Å². The first-order valence-electron chi connectivity index (χ1n) is 12.7. The molecule has 2 fully saturated rings. The molecule has 38 heavy (non-hydrogen) atoms. The Hall–Kier alpha value is -4.04. The number of aromatic nitrogens is 4. The van der Waals surface area contributed by atoms with Crippen LogP contribution in [0.15, 0.2) is 60.7 Å². The van der Waals surface area contributed by atoms with Crippen LogP contribution in [0.1, 0.15) is 10.7 Å². The molecule has 0 spiro atoms. The summed E-state index contributed by atoms with van der Waals surface area (Å²) in [7, 11) is 0. The summed E-state index contributed by atoms with van der Waals surface area (Å²) in [5, 5.41) is 20.4. The van der Waals surface area contributed by atoms with Gasteiger partial charge >= 0.3 is 0 Å². The molecule has 0 bridgehead atoms. The Morgan fingerprint density at radius 1 is 0.842 bits per heavy atom. The molecule has 0 radical (unpaired) electrons. The molecular formula is C28H27N7O2S. The fraction of sp³-hybridized carbons (Fsp3) is 0.286. The number of para-hydroxylation sites is 1. The SMILES string of the molecule is N#C/C(=C\c1sc(N2CCOCC2)nc1-c1ccccc1)c1nnc(N2CCOCC2)n1-c1ccccc1. The van der Waals surface area contributed by atoms with Crippen LogP contribution in [-0.2, 0) is 9.47 Å². The average molecular weight is 526 g/mol. The third kappa shape index (κ3) is 4.91. The molecule has 10 heteroatoms. The van der Waals surface area contributed by atoms with Gasteiger partial charge in [-0.1, -0.05) is 59.9 Å². The standard InChI is InChI=1S/C28H27N7O2S/c29-20-22(26-31-32-27(33-11-15-36-16-12-33)35(26)23-9-5-2-6-10-23)19-24-25(21-7-3-1-4-8-21)30-28(38-24)34-13-17-37-18-14-34/h1-10,19H,11-18H2/b22-19+. The highest BCUT2D eigenvalue weighted by atomic mass is 32.1. The number of nitriles is 1. The molecule has 0 saturated carbocycles. The topological polar surface area (TPSA) is 92.3 Å². The number of rotatable bonds is 6. The smallest absolute Gasteiger partial charge is 0.232 e. The van der Waals surface area contributed by atoms with E-state index in [0.29, 0.717) is 56.9 Å². The first kappa shape index (κ1) is 24.3.